The first-order valence-electron chi connectivity index (χ1n) is 11.9. The Morgan fingerprint density at radius 1 is 1.02 bits per heavy atom. The first-order valence-corrected chi connectivity index (χ1v) is 14.0. The highest BCUT2D eigenvalue weighted by atomic mass is 32.2. The van der Waals surface area contributed by atoms with Crippen LogP contribution in [0.5, 0.6) is 5.06 Å². The SMILES string of the molecule is COc1sc(/C=C2\SC(=S)N(CCC(=O)Nc3ccc(C(=O)O)cc3)C2=O)cc1-c1cc(C(F)(F)F)cc(C(F)(F)F)c1. The van der Waals surface area contributed by atoms with Crippen molar-refractivity contribution in [1.29, 1.82) is 0 Å². The second-order valence-electron chi connectivity index (χ2n) is 8.86. The highest BCUT2D eigenvalue weighted by molar-refractivity contribution is 8.26. The van der Waals surface area contributed by atoms with E-state index in [2.05, 4.69) is 5.32 Å². The fourth-order valence-electron chi connectivity index (χ4n) is 3.88. The summed E-state index contributed by atoms with van der Waals surface area (Å²) in [5, 5.41) is 11.6. The zero-order valence-electron chi connectivity index (χ0n) is 21.6. The van der Waals surface area contributed by atoms with Crippen molar-refractivity contribution >= 4 is 69.2 Å². The van der Waals surface area contributed by atoms with Gasteiger partial charge in [-0.05, 0) is 60.2 Å². The van der Waals surface area contributed by atoms with E-state index in [9.17, 15) is 40.7 Å². The van der Waals surface area contributed by atoms with Crippen molar-refractivity contribution in [3.8, 4) is 16.2 Å². The van der Waals surface area contributed by atoms with Crippen LogP contribution in [0.1, 0.15) is 32.8 Å². The Hall–Kier alpha value is -3.89. The molecule has 1 aliphatic rings. The molecule has 2 amide bonds. The minimum atomic E-state index is -5.03. The standard InChI is InChI=1S/C27H18F6N2O5S3/c1-40-24-19(14-8-15(26(28,29)30)10-16(9-14)27(31,32)33)11-18(42-24)12-20-22(37)35(25(41)43-20)7-6-21(36)34-17-4-2-13(3-5-17)23(38)39/h2-5,8-12H,6-7H2,1H3,(H,34,36)(H,38,39)/b20-12-. The lowest BCUT2D eigenvalue weighted by Gasteiger charge is -2.14. The number of hydrogen-bond donors (Lipinski definition) is 2. The van der Waals surface area contributed by atoms with Crippen LogP contribution in [0.4, 0.5) is 32.0 Å². The maximum atomic E-state index is 13.4. The Balaban J connectivity index is 1.52. The van der Waals surface area contributed by atoms with Crippen LogP contribution in [0.15, 0.2) is 53.4 Å². The van der Waals surface area contributed by atoms with Crippen LogP contribution in [0.25, 0.3) is 17.2 Å². The number of carbonyl (C=O) groups is 3. The number of aromatic carboxylic acids is 1. The molecule has 16 heteroatoms. The molecule has 2 aromatic carbocycles. The van der Waals surface area contributed by atoms with Crippen LogP contribution in [0.2, 0.25) is 0 Å². The molecular formula is C27H18F6N2O5S3. The lowest BCUT2D eigenvalue weighted by Crippen LogP contribution is -2.31. The van der Waals surface area contributed by atoms with Gasteiger partial charge in [-0.2, -0.15) is 26.3 Å². The number of anilines is 1. The van der Waals surface area contributed by atoms with Gasteiger partial charge in [-0.3, -0.25) is 14.5 Å². The monoisotopic (exact) mass is 660 g/mol. The minimum Gasteiger partial charge on any atom is -0.487 e. The topological polar surface area (TPSA) is 95.9 Å². The number of nitrogens with zero attached hydrogens (tertiary/aromatic N) is 1. The number of hydrogen-bond acceptors (Lipinski definition) is 7. The Labute approximate surface area is 253 Å². The summed E-state index contributed by atoms with van der Waals surface area (Å²) < 4.78 is 85.7. The van der Waals surface area contributed by atoms with E-state index in [-0.39, 0.29) is 50.0 Å². The summed E-state index contributed by atoms with van der Waals surface area (Å²) in [6.07, 6.45) is -8.82. The molecule has 1 aromatic heterocycles. The molecule has 2 N–H and O–H groups in total. The van der Waals surface area contributed by atoms with Gasteiger partial charge in [0.05, 0.1) is 28.7 Å². The van der Waals surface area contributed by atoms with E-state index < -0.39 is 41.3 Å². The van der Waals surface area contributed by atoms with Gasteiger partial charge in [-0.1, -0.05) is 35.3 Å². The summed E-state index contributed by atoms with van der Waals surface area (Å²) in [4.78, 5) is 38.0. The number of carboxylic acids is 1. The van der Waals surface area contributed by atoms with E-state index in [0.717, 1.165) is 23.1 Å². The first kappa shape index (κ1) is 32.0. The molecule has 0 saturated carbocycles. The third kappa shape index (κ3) is 7.55. The number of thioether (sulfide) groups is 1. The number of ether oxygens (including phenoxy) is 1. The molecule has 0 spiro atoms. The first-order chi connectivity index (χ1) is 20.1. The van der Waals surface area contributed by atoms with Gasteiger partial charge in [-0.15, -0.1) is 0 Å². The van der Waals surface area contributed by atoms with Crippen molar-refractivity contribution in [2.75, 3.05) is 19.0 Å². The van der Waals surface area contributed by atoms with Crippen LogP contribution in [-0.2, 0) is 21.9 Å². The Kier molecular flexibility index (Phi) is 9.22. The molecule has 1 fully saturated rings. The van der Waals surface area contributed by atoms with Gasteiger partial charge >= 0.3 is 18.3 Å². The predicted molar refractivity (Wildman–Crippen MR) is 153 cm³/mol. The molecule has 1 aliphatic heterocycles. The van der Waals surface area contributed by atoms with E-state index in [1.54, 1.807) is 0 Å². The van der Waals surface area contributed by atoms with Gasteiger partial charge in [0, 0.05) is 29.1 Å². The zero-order valence-corrected chi connectivity index (χ0v) is 24.1. The Morgan fingerprint density at radius 2 is 1.63 bits per heavy atom. The number of carboxylic acid groups (broad SMARTS) is 1. The number of amides is 2. The van der Waals surface area contributed by atoms with Crippen LogP contribution in [0, 0.1) is 0 Å². The van der Waals surface area contributed by atoms with Crippen molar-refractivity contribution in [3.63, 3.8) is 0 Å². The third-order valence-corrected chi connectivity index (χ3v) is 8.35. The molecule has 0 aliphatic carbocycles. The Bertz CT molecular complexity index is 1600. The highest BCUT2D eigenvalue weighted by Gasteiger charge is 2.37. The molecule has 0 atom stereocenters. The maximum Gasteiger partial charge on any atom is 0.416 e. The normalized spacial score (nSPS) is 14.9. The summed E-state index contributed by atoms with van der Waals surface area (Å²) in [7, 11) is 1.21. The minimum absolute atomic E-state index is 0.0288. The number of thiocarbonyl (C=S) groups is 1. The van der Waals surface area contributed by atoms with Crippen molar-refractivity contribution in [2.45, 2.75) is 18.8 Å². The fraction of sp³-hybridized carbons (Fsp3) is 0.185. The van der Waals surface area contributed by atoms with E-state index in [0.29, 0.717) is 22.7 Å². The smallest absolute Gasteiger partial charge is 0.416 e. The fourth-order valence-corrected chi connectivity index (χ4v) is 6.19. The van der Waals surface area contributed by atoms with Crippen molar-refractivity contribution in [3.05, 3.63) is 75.0 Å². The predicted octanol–water partition coefficient (Wildman–Crippen LogP) is 7.39. The van der Waals surface area contributed by atoms with Gasteiger partial charge in [0.15, 0.2) is 5.06 Å². The molecule has 43 heavy (non-hydrogen) atoms. The average molecular weight is 661 g/mol. The Morgan fingerprint density at radius 3 is 2.16 bits per heavy atom. The molecule has 0 bridgehead atoms. The van der Waals surface area contributed by atoms with Crippen LogP contribution in [-0.4, -0.2) is 45.8 Å². The molecular weight excluding hydrogens is 642 g/mol. The second-order valence-corrected chi connectivity index (χ2v) is 11.6. The van der Waals surface area contributed by atoms with Crippen LogP contribution >= 0.6 is 35.3 Å². The summed E-state index contributed by atoms with van der Waals surface area (Å²) in [5.41, 5.74) is -2.96. The molecule has 4 rings (SSSR count). The number of nitrogens with one attached hydrogen (secondary N) is 1. The molecule has 3 aromatic rings. The van der Waals surface area contributed by atoms with Gasteiger partial charge in [0.1, 0.15) is 4.32 Å². The number of methoxy groups -OCH3 is 1. The second kappa shape index (κ2) is 12.4. The summed E-state index contributed by atoms with van der Waals surface area (Å²) in [6, 6.07) is 7.99. The van der Waals surface area contributed by atoms with Gasteiger partial charge in [0.25, 0.3) is 5.91 Å². The number of carbonyl (C=O) groups excluding carboxylic acids is 2. The van der Waals surface area contributed by atoms with Crippen molar-refractivity contribution < 1.29 is 50.6 Å². The van der Waals surface area contributed by atoms with Crippen molar-refractivity contribution in [1.82, 2.24) is 4.90 Å². The van der Waals surface area contributed by atoms with Gasteiger partial charge < -0.3 is 15.2 Å². The van der Waals surface area contributed by atoms with E-state index in [1.165, 1.54) is 48.4 Å². The lowest BCUT2D eigenvalue weighted by molar-refractivity contribution is -0.143. The van der Waals surface area contributed by atoms with Crippen molar-refractivity contribution in [2.24, 2.45) is 0 Å². The van der Waals surface area contributed by atoms with E-state index in [1.807, 2.05) is 0 Å². The number of halogens is 6. The van der Waals surface area contributed by atoms with Crippen LogP contribution in [0.3, 0.4) is 0 Å². The van der Waals surface area contributed by atoms with E-state index >= 15 is 0 Å². The number of thiophene rings is 1. The lowest BCUT2D eigenvalue weighted by atomic mass is 10.0. The third-order valence-electron chi connectivity index (χ3n) is 5.93. The molecule has 226 valence electrons. The van der Waals surface area contributed by atoms with Crippen LogP contribution < -0.4 is 10.1 Å². The molecule has 1 saturated heterocycles. The number of alkyl halides is 6. The summed E-state index contributed by atoms with van der Waals surface area (Å²) in [5.74, 6) is -2.13. The van der Waals surface area contributed by atoms with E-state index in [4.69, 9.17) is 22.1 Å². The van der Waals surface area contributed by atoms with Gasteiger partial charge in [-0.25, -0.2) is 4.79 Å². The maximum absolute atomic E-state index is 13.4. The zero-order chi connectivity index (χ0) is 31.7. The quantitative estimate of drug-likeness (QED) is 0.148. The average Bonchev–Trinajstić information content (AvgIpc) is 3.46. The number of rotatable bonds is 8. The molecule has 0 radical (unpaired) electrons. The largest absolute Gasteiger partial charge is 0.487 e. The summed E-state index contributed by atoms with van der Waals surface area (Å²) in [6.45, 7) is -0.0789. The number of benzene rings is 2. The molecule has 2 heterocycles. The summed E-state index contributed by atoms with van der Waals surface area (Å²) >= 11 is 7.09. The van der Waals surface area contributed by atoms with Gasteiger partial charge in [0.2, 0.25) is 5.91 Å². The molecule has 0 unspecified atom stereocenters. The molecule has 7 nitrogen and oxygen atoms in total. The highest BCUT2D eigenvalue weighted by Crippen LogP contribution is 2.44.